The summed E-state index contributed by atoms with van der Waals surface area (Å²) < 4.78 is 38.4. The summed E-state index contributed by atoms with van der Waals surface area (Å²) in [5.41, 5.74) is 1.79. The minimum atomic E-state index is -3.85. The monoisotopic (exact) mass is 406 g/mol. The second kappa shape index (κ2) is 9.45. The van der Waals surface area contributed by atoms with E-state index in [4.69, 9.17) is 9.47 Å². The predicted octanol–water partition coefficient (Wildman–Crippen LogP) is 4.58. The van der Waals surface area contributed by atoms with Gasteiger partial charge in [-0.2, -0.15) is 0 Å². The minimum absolute atomic E-state index is 0.00399. The molecular weight excluding hydrogens is 380 g/mol. The van der Waals surface area contributed by atoms with E-state index in [0.717, 1.165) is 5.56 Å². The third-order valence-electron chi connectivity index (χ3n) is 3.90. The Bertz CT molecular complexity index is 909. The normalized spacial score (nSPS) is 11.2. The predicted molar refractivity (Wildman–Crippen MR) is 110 cm³/mol. The zero-order valence-corrected chi connectivity index (χ0v) is 17.3. The molecule has 28 heavy (non-hydrogen) atoms. The van der Waals surface area contributed by atoms with Crippen molar-refractivity contribution in [1.29, 1.82) is 0 Å². The van der Waals surface area contributed by atoms with Gasteiger partial charge in [0.2, 0.25) is 0 Å². The Balaban J connectivity index is 2.29. The van der Waals surface area contributed by atoms with E-state index in [0.29, 0.717) is 24.0 Å². The maximum atomic E-state index is 12.8. The van der Waals surface area contributed by atoms with Crippen LogP contribution in [0.3, 0.4) is 0 Å². The summed E-state index contributed by atoms with van der Waals surface area (Å²) in [4.78, 5) is 11.7. The van der Waals surface area contributed by atoms with Crippen molar-refractivity contribution < 1.29 is 22.7 Å². The van der Waals surface area contributed by atoms with Gasteiger partial charge in [-0.15, -0.1) is 0 Å². The van der Waals surface area contributed by atoms with Crippen molar-refractivity contribution in [2.24, 2.45) is 0 Å². The summed E-state index contributed by atoms with van der Waals surface area (Å²) >= 11 is 0. The van der Waals surface area contributed by atoms with Crippen LogP contribution in [0.15, 0.2) is 47.4 Å². The number of rotatable bonds is 8. The topological polar surface area (TPSA) is 93.7 Å². The number of carbonyl (C=O) groups is 1. The number of ether oxygens (including phenoxy) is 2. The van der Waals surface area contributed by atoms with Crippen LogP contribution in [0.25, 0.3) is 0 Å². The second-order valence-corrected chi connectivity index (χ2v) is 8.00. The largest absolute Gasteiger partial charge is 0.492 e. The highest BCUT2D eigenvalue weighted by Gasteiger charge is 2.18. The summed E-state index contributed by atoms with van der Waals surface area (Å²) in [5.74, 6) is 0.712. The lowest BCUT2D eigenvalue weighted by Crippen LogP contribution is -2.16. The average Bonchev–Trinajstić information content (AvgIpc) is 2.63. The summed E-state index contributed by atoms with van der Waals surface area (Å²) in [5, 5.41) is 2.51. The van der Waals surface area contributed by atoms with Crippen LogP contribution in [0.1, 0.15) is 39.2 Å². The summed E-state index contributed by atoms with van der Waals surface area (Å²) in [6.07, 6.45) is -0.685. The smallest absolute Gasteiger partial charge is 0.411 e. The van der Waals surface area contributed by atoms with Crippen molar-refractivity contribution in [2.45, 2.75) is 38.5 Å². The van der Waals surface area contributed by atoms with Crippen LogP contribution in [0.2, 0.25) is 0 Å². The molecule has 0 atom stereocenters. The summed E-state index contributed by atoms with van der Waals surface area (Å²) in [6, 6.07) is 11.5. The highest BCUT2D eigenvalue weighted by Crippen LogP contribution is 2.29. The molecule has 7 nitrogen and oxygen atoms in total. The Hall–Kier alpha value is -2.74. The lowest BCUT2D eigenvalue weighted by atomic mass is 10.0. The molecule has 0 spiro atoms. The van der Waals surface area contributed by atoms with Gasteiger partial charge in [0.15, 0.2) is 0 Å². The quantitative estimate of drug-likeness (QED) is 0.669. The van der Waals surface area contributed by atoms with Gasteiger partial charge in [0.1, 0.15) is 5.75 Å². The van der Waals surface area contributed by atoms with Gasteiger partial charge in [0, 0.05) is 5.69 Å². The van der Waals surface area contributed by atoms with Crippen LogP contribution in [-0.4, -0.2) is 27.7 Å². The molecule has 0 heterocycles. The van der Waals surface area contributed by atoms with Crippen molar-refractivity contribution >= 4 is 27.5 Å². The second-order valence-electron chi connectivity index (χ2n) is 6.32. The van der Waals surface area contributed by atoms with Gasteiger partial charge in [-0.05, 0) is 55.7 Å². The number of carbonyl (C=O) groups excluding carboxylic acids is 1. The first-order valence-corrected chi connectivity index (χ1v) is 10.6. The molecule has 0 aliphatic heterocycles. The molecule has 0 saturated heterocycles. The number of hydrogen-bond acceptors (Lipinski definition) is 5. The fraction of sp³-hybridized carbons (Fsp3) is 0.350. The first-order valence-electron chi connectivity index (χ1n) is 9.10. The van der Waals surface area contributed by atoms with Crippen molar-refractivity contribution in [1.82, 2.24) is 0 Å². The Morgan fingerprint density at radius 1 is 1.04 bits per heavy atom. The molecular formula is C20H26N2O5S. The van der Waals surface area contributed by atoms with Crippen LogP contribution < -0.4 is 14.8 Å². The van der Waals surface area contributed by atoms with Crippen molar-refractivity contribution in [3.05, 3.63) is 48.0 Å². The van der Waals surface area contributed by atoms with Gasteiger partial charge in [0.25, 0.3) is 10.0 Å². The average molecular weight is 407 g/mol. The van der Waals surface area contributed by atoms with E-state index in [-0.39, 0.29) is 17.2 Å². The van der Waals surface area contributed by atoms with Crippen LogP contribution in [0.4, 0.5) is 16.2 Å². The molecule has 2 rings (SSSR count). The van der Waals surface area contributed by atoms with E-state index < -0.39 is 16.1 Å². The van der Waals surface area contributed by atoms with E-state index in [1.54, 1.807) is 26.0 Å². The third-order valence-corrected chi connectivity index (χ3v) is 5.28. The number of amides is 1. The number of anilines is 2. The molecule has 1 amide bonds. The zero-order valence-electron chi connectivity index (χ0n) is 16.5. The number of hydrogen-bond donors (Lipinski definition) is 2. The molecule has 8 heteroatoms. The Morgan fingerprint density at radius 2 is 1.71 bits per heavy atom. The molecule has 0 bridgehead atoms. The van der Waals surface area contributed by atoms with Crippen molar-refractivity contribution in [2.75, 3.05) is 23.3 Å². The standard InChI is InChI=1S/C20H26N2O5S/c1-5-26-19-12-11-17(13-18(19)21-20(23)27-6-2)28(24,25)22-16-9-7-15(8-10-16)14(3)4/h7-14,22H,5-6H2,1-4H3,(H,21,23). The Kier molecular flexibility index (Phi) is 7.28. The van der Waals surface area contributed by atoms with E-state index in [1.165, 1.54) is 18.2 Å². The first kappa shape index (κ1) is 21.6. The molecule has 0 radical (unpaired) electrons. The summed E-state index contributed by atoms with van der Waals surface area (Å²) in [6.45, 7) is 8.17. The van der Waals surface area contributed by atoms with Gasteiger partial charge >= 0.3 is 6.09 Å². The lowest BCUT2D eigenvalue weighted by Gasteiger charge is -2.14. The Labute approximate surface area is 166 Å². The van der Waals surface area contributed by atoms with E-state index >= 15 is 0 Å². The fourth-order valence-electron chi connectivity index (χ4n) is 2.48. The molecule has 0 aliphatic rings. The maximum absolute atomic E-state index is 12.8. The van der Waals surface area contributed by atoms with Gasteiger partial charge in [-0.25, -0.2) is 13.2 Å². The van der Waals surface area contributed by atoms with Crippen molar-refractivity contribution in [3.8, 4) is 5.75 Å². The SMILES string of the molecule is CCOC(=O)Nc1cc(S(=O)(=O)Nc2ccc(C(C)C)cc2)ccc1OCC. The van der Waals surface area contributed by atoms with E-state index in [2.05, 4.69) is 23.9 Å². The van der Waals surface area contributed by atoms with E-state index in [9.17, 15) is 13.2 Å². The van der Waals surface area contributed by atoms with Crippen molar-refractivity contribution in [3.63, 3.8) is 0 Å². The minimum Gasteiger partial charge on any atom is -0.492 e. The highest BCUT2D eigenvalue weighted by molar-refractivity contribution is 7.92. The summed E-state index contributed by atoms with van der Waals surface area (Å²) in [7, 11) is -3.85. The number of benzene rings is 2. The maximum Gasteiger partial charge on any atom is 0.411 e. The van der Waals surface area contributed by atoms with E-state index in [1.807, 2.05) is 12.1 Å². The van der Waals surface area contributed by atoms with Gasteiger partial charge in [-0.1, -0.05) is 26.0 Å². The molecule has 152 valence electrons. The molecule has 2 N–H and O–H groups in total. The molecule has 0 aliphatic carbocycles. The molecule has 2 aromatic rings. The lowest BCUT2D eigenvalue weighted by molar-refractivity contribution is 0.167. The fourth-order valence-corrected chi connectivity index (χ4v) is 3.57. The molecule has 0 saturated carbocycles. The van der Waals surface area contributed by atoms with Gasteiger partial charge in [-0.3, -0.25) is 10.0 Å². The van der Waals surface area contributed by atoms with Gasteiger partial charge in [0.05, 0.1) is 23.8 Å². The molecule has 2 aromatic carbocycles. The zero-order chi connectivity index (χ0) is 20.7. The number of sulfonamides is 1. The molecule has 0 aromatic heterocycles. The third kappa shape index (κ3) is 5.63. The van der Waals surface area contributed by atoms with Crippen LogP contribution in [0.5, 0.6) is 5.75 Å². The van der Waals surface area contributed by atoms with Crippen LogP contribution >= 0.6 is 0 Å². The first-order chi connectivity index (χ1) is 13.3. The van der Waals surface area contributed by atoms with Gasteiger partial charge < -0.3 is 9.47 Å². The highest BCUT2D eigenvalue weighted by atomic mass is 32.2. The molecule has 0 fully saturated rings. The molecule has 0 unspecified atom stereocenters. The van der Waals surface area contributed by atoms with Crippen LogP contribution in [-0.2, 0) is 14.8 Å². The van der Waals surface area contributed by atoms with Crippen LogP contribution in [0, 0.1) is 0 Å². The number of nitrogens with one attached hydrogen (secondary N) is 2. The Morgan fingerprint density at radius 3 is 2.29 bits per heavy atom.